The van der Waals surface area contributed by atoms with Gasteiger partial charge in [-0.05, 0) is 69.7 Å². The van der Waals surface area contributed by atoms with Crippen LogP contribution >= 0.6 is 11.3 Å². The molecular formula is C42H43N9O7S2. The monoisotopic (exact) mass is 849 g/mol. The summed E-state index contributed by atoms with van der Waals surface area (Å²) < 4.78 is 35.7. The minimum absolute atomic E-state index is 0.00356. The van der Waals surface area contributed by atoms with Crippen LogP contribution in [-0.2, 0) is 24.4 Å². The van der Waals surface area contributed by atoms with Crippen LogP contribution in [0, 0.1) is 12.8 Å². The zero-order chi connectivity index (χ0) is 41.6. The van der Waals surface area contributed by atoms with Crippen molar-refractivity contribution >= 4 is 66.2 Å². The fourth-order valence-electron chi connectivity index (χ4n) is 7.94. The molecule has 3 aromatic heterocycles. The molecule has 2 aliphatic carbocycles. The SMILES string of the molecule is Cc1ncc(C(=O)NC2CCCCC/C=C\C3CC3(C(=O)NS(=O)(=O)C3CC3)NC(=O)C3CC(Oc4nc5ccccc5nc4-c4nc5ccccc5s4)CN3C2=O)cn1. The van der Waals surface area contributed by atoms with Crippen molar-refractivity contribution in [2.24, 2.45) is 5.92 Å². The molecule has 2 saturated carbocycles. The minimum Gasteiger partial charge on any atom is -0.471 e. The molecule has 5 aromatic rings. The van der Waals surface area contributed by atoms with Gasteiger partial charge in [-0.25, -0.2) is 33.3 Å². The van der Waals surface area contributed by atoms with E-state index in [-0.39, 0.29) is 30.8 Å². The number of ether oxygens (including phenoxy) is 1. The molecule has 60 heavy (non-hydrogen) atoms. The Hall–Kier alpha value is -5.88. The number of allylic oxidation sites excluding steroid dienone is 1. The number of fused-ring (bicyclic) bond motifs is 4. The van der Waals surface area contributed by atoms with Gasteiger partial charge in [-0.15, -0.1) is 11.3 Å². The van der Waals surface area contributed by atoms with Gasteiger partial charge in [0.05, 0.1) is 38.6 Å². The molecule has 310 valence electrons. The zero-order valence-corrected chi connectivity index (χ0v) is 34.4. The summed E-state index contributed by atoms with van der Waals surface area (Å²) >= 11 is 1.43. The Morgan fingerprint density at radius 2 is 1.67 bits per heavy atom. The summed E-state index contributed by atoms with van der Waals surface area (Å²) in [6.07, 6.45) is 10.0. The van der Waals surface area contributed by atoms with Gasteiger partial charge in [0.1, 0.15) is 34.6 Å². The number of aromatic nitrogens is 5. The highest BCUT2D eigenvalue weighted by atomic mass is 32.2. The first-order valence-corrected chi connectivity index (χ1v) is 22.6. The van der Waals surface area contributed by atoms with Crippen LogP contribution in [0.25, 0.3) is 32.0 Å². The third-order valence-electron chi connectivity index (χ3n) is 11.5. The molecule has 4 aliphatic rings. The number of thiazole rings is 1. The molecule has 4 amide bonds. The Morgan fingerprint density at radius 3 is 2.42 bits per heavy atom. The average molecular weight is 850 g/mol. The summed E-state index contributed by atoms with van der Waals surface area (Å²) in [7, 11) is -3.92. The number of nitrogens with one attached hydrogen (secondary N) is 3. The normalized spacial score (nSPS) is 25.3. The molecule has 1 saturated heterocycles. The van der Waals surface area contributed by atoms with Crippen LogP contribution in [0.5, 0.6) is 5.88 Å². The topological polar surface area (TPSA) is 215 Å². The van der Waals surface area contributed by atoms with E-state index in [0.717, 1.165) is 23.1 Å². The number of para-hydroxylation sites is 3. The van der Waals surface area contributed by atoms with Gasteiger partial charge >= 0.3 is 0 Å². The van der Waals surface area contributed by atoms with Gasteiger partial charge in [-0.1, -0.05) is 49.3 Å². The van der Waals surface area contributed by atoms with E-state index in [4.69, 9.17) is 19.7 Å². The van der Waals surface area contributed by atoms with Crippen molar-refractivity contribution in [3.63, 3.8) is 0 Å². The fourth-order valence-corrected chi connectivity index (χ4v) is 10.2. The standard InChI is InChI=1S/C42H43N9O7S2/c1-24-43-21-25(22-44-24)36(52)46-32-15-6-4-2-3-5-11-26-20-42(26,41(55)50-60(56,57)28-17-18-28)49-37(53)33-19-27(23-51(33)40(32)54)58-38-35(45-29-12-7-8-13-30(29)47-38)39-48-31-14-9-10-16-34(31)59-39/h5,7-14,16,21-22,26-28,32-33H,2-4,6,15,17-20,23H2,1H3,(H,46,52)(H,49,53)(H,50,55)/b11-5-. The molecule has 5 atom stereocenters. The second kappa shape index (κ2) is 15.9. The number of carbonyl (C=O) groups excluding carboxylic acids is 4. The summed E-state index contributed by atoms with van der Waals surface area (Å²) in [5, 5.41) is 5.72. The van der Waals surface area contributed by atoms with E-state index in [0.29, 0.717) is 59.7 Å². The summed E-state index contributed by atoms with van der Waals surface area (Å²) in [6, 6.07) is 12.9. The maximum Gasteiger partial charge on any atom is 0.259 e. The molecule has 3 N–H and O–H groups in total. The molecule has 9 rings (SSSR count). The van der Waals surface area contributed by atoms with Gasteiger partial charge in [0.15, 0.2) is 5.69 Å². The number of rotatable bonds is 8. The maximum atomic E-state index is 14.8. The van der Waals surface area contributed by atoms with E-state index in [9.17, 15) is 27.6 Å². The highest BCUT2D eigenvalue weighted by Crippen LogP contribution is 2.46. The van der Waals surface area contributed by atoms with E-state index >= 15 is 0 Å². The highest BCUT2D eigenvalue weighted by Gasteiger charge is 2.62. The highest BCUT2D eigenvalue weighted by molar-refractivity contribution is 7.91. The smallest absolute Gasteiger partial charge is 0.259 e. The van der Waals surface area contributed by atoms with Crippen molar-refractivity contribution < 1.29 is 32.3 Å². The van der Waals surface area contributed by atoms with Crippen LogP contribution in [0.4, 0.5) is 0 Å². The van der Waals surface area contributed by atoms with Crippen LogP contribution < -0.4 is 20.1 Å². The van der Waals surface area contributed by atoms with Crippen molar-refractivity contribution in [3.8, 4) is 16.6 Å². The first-order valence-electron chi connectivity index (χ1n) is 20.2. The Kier molecular flexibility index (Phi) is 10.5. The van der Waals surface area contributed by atoms with E-state index in [1.807, 2.05) is 60.7 Å². The quantitative estimate of drug-likeness (QED) is 0.188. The molecule has 0 radical (unpaired) electrons. The molecule has 16 nitrogen and oxygen atoms in total. The summed E-state index contributed by atoms with van der Waals surface area (Å²) in [6.45, 7) is 1.63. The number of hydrogen-bond donors (Lipinski definition) is 3. The van der Waals surface area contributed by atoms with Gasteiger partial charge in [0.2, 0.25) is 27.7 Å². The van der Waals surface area contributed by atoms with Crippen LogP contribution in [-0.4, -0.2) is 97.4 Å². The molecule has 0 bridgehead atoms. The number of nitrogens with zero attached hydrogens (tertiary/aromatic N) is 6. The van der Waals surface area contributed by atoms with Crippen molar-refractivity contribution in [2.45, 2.75) is 93.7 Å². The average Bonchev–Trinajstić information content (AvgIpc) is 4.13. The number of sulfonamides is 1. The number of carbonyl (C=O) groups is 4. The van der Waals surface area contributed by atoms with Gasteiger partial charge in [-0.3, -0.25) is 23.9 Å². The Balaban J connectivity index is 1.06. The van der Waals surface area contributed by atoms with Crippen LogP contribution in [0.3, 0.4) is 0 Å². The summed E-state index contributed by atoms with van der Waals surface area (Å²) in [5.41, 5.74) is 1.04. The fraction of sp³-hybridized carbons (Fsp3) is 0.405. The second-order valence-corrected chi connectivity index (χ2v) is 18.9. The van der Waals surface area contributed by atoms with E-state index in [2.05, 4.69) is 25.3 Å². The summed E-state index contributed by atoms with van der Waals surface area (Å²) in [5.74, 6) is -2.29. The molecule has 5 unspecified atom stereocenters. The van der Waals surface area contributed by atoms with Crippen molar-refractivity contribution in [3.05, 3.63) is 84.5 Å². The maximum absolute atomic E-state index is 14.8. The van der Waals surface area contributed by atoms with Gasteiger partial charge in [0, 0.05) is 24.7 Å². The van der Waals surface area contributed by atoms with Crippen LogP contribution in [0.1, 0.15) is 74.0 Å². The molecule has 18 heteroatoms. The second-order valence-electron chi connectivity index (χ2n) is 15.9. The lowest BCUT2D eigenvalue weighted by Crippen LogP contribution is -2.58. The third-order valence-corrected chi connectivity index (χ3v) is 14.4. The van der Waals surface area contributed by atoms with Crippen LogP contribution in [0.15, 0.2) is 73.1 Å². The minimum atomic E-state index is -3.92. The molecule has 5 heterocycles. The van der Waals surface area contributed by atoms with Crippen LogP contribution in [0.2, 0.25) is 0 Å². The lowest BCUT2D eigenvalue weighted by molar-refractivity contribution is -0.141. The first kappa shape index (κ1) is 39.6. The Morgan fingerprint density at radius 1 is 0.933 bits per heavy atom. The number of amides is 4. The molecular weight excluding hydrogens is 807 g/mol. The van der Waals surface area contributed by atoms with Gasteiger partial charge in [-0.2, -0.15) is 0 Å². The third kappa shape index (κ3) is 8.04. The van der Waals surface area contributed by atoms with Gasteiger partial charge in [0.25, 0.3) is 11.8 Å². The van der Waals surface area contributed by atoms with Crippen molar-refractivity contribution in [1.29, 1.82) is 0 Å². The number of aryl methyl sites for hydroxylation is 1. The predicted molar refractivity (Wildman–Crippen MR) is 222 cm³/mol. The van der Waals surface area contributed by atoms with Gasteiger partial charge < -0.3 is 20.3 Å². The number of hydrogen-bond acceptors (Lipinski definition) is 13. The van der Waals surface area contributed by atoms with Crippen molar-refractivity contribution in [2.75, 3.05) is 6.54 Å². The van der Waals surface area contributed by atoms with E-state index in [1.165, 1.54) is 28.6 Å². The molecule has 0 spiro atoms. The predicted octanol–water partition coefficient (Wildman–Crippen LogP) is 4.16. The van der Waals surface area contributed by atoms with Crippen molar-refractivity contribution in [1.82, 2.24) is 45.2 Å². The van der Waals surface area contributed by atoms with E-state index in [1.54, 1.807) is 6.92 Å². The molecule has 2 aliphatic heterocycles. The Bertz CT molecular complexity index is 2620. The Labute approximate surface area is 349 Å². The largest absolute Gasteiger partial charge is 0.471 e. The zero-order valence-electron chi connectivity index (χ0n) is 32.7. The summed E-state index contributed by atoms with van der Waals surface area (Å²) in [4.78, 5) is 81.1. The number of benzene rings is 2. The lowest BCUT2D eigenvalue weighted by atomic mass is 10.0. The van der Waals surface area contributed by atoms with E-state index < -0.39 is 68.5 Å². The molecule has 3 fully saturated rings. The first-order chi connectivity index (χ1) is 29.0. The molecule has 2 aromatic carbocycles. The lowest BCUT2D eigenvalue weighted by Gasteiger charge is -2.30.